The first-order valence-corrected chi connectivity index (χ1v) is 8.45. The van der Waals surface area contributed by atoms with Crippen LogP contribution in [0.15, 0.2) is 47.4 Å². The van der Waals surface area contributed by atoms with Crippen LogP contribution in [0.5, 0.6) is 0 Å². The minimum atomic E-state index is -0.652. The number of aromatic nitrogens is 1. The number of nitrogens with zero attached hydrogens (tertiary/aromatic N) is 2. The Morgan fingerprint density at radius 3 is 2.80 bits per heavy atom. The van der Waals surface area contributed by atoms with E-state index in [1.165, 1.54) is 21.8 Å². The topological polar surface area (TPSA) is 74.6 Å². The predicted octanol–water partition coefficient (Wildman–Crippen LogP) is 0.534. The molecule has 6 heteroatoms. The molecule has 6 nitrogen and oxygen atoms in total. The second-order valence-electron chi connectivity index (χ2n) is 6.48. The predicted molar refractivity (Wildman–Crippen MR) is 95.4 cm³/mol. The molecule has 0 fully saturated rings. The smallest absolute Gasteiger partial charge is 0.251 e. The minimum absolute atomic E-state index is 0.159. The van der Waals surface area contributed by atoms with Crippen LogP contribution in [0.25, 0.3) is 0 Å². The van der Waals surface area contributed by atoms with Gasteiger partial charge in [0.2, 0.25) is 0 Å². The number of hydrogen-bond acceptors (Lipinski definition) is 4. The van der Waals surface area contributed by atoms with Gasteiger partial charge in [0.25, 0.3) is 11.5 Å². The fourth-order valence-corrected chi connectivity index (χ4v) is 3.07. The molecule has 0 aliphatic carbocycles. The second-order valence-corrected chi connectivity index (χ2v) is 6.48. The number of hydrogen-bond donors (Lipinski definition) is 2. The summed E-state index contributed by atoms with van der Waals surface area (Å²) in [6.45, 7) is 2.38. The summed E-state index contributed by atoms with van der Waals surface area (Å²) >= 11 is 0. The fraction of sp³-hybridized carbons (Fsp3) is 0.368. The molecule has 0 spiro atoms. The van der Waals surface area contributed by atoms with Gasteiger partial charge in [-0.25, -0.2) is 0 Å². The maximum atomic E-state index is 12.1. The van der Waals surface area contributed by atoms with Crippen molar-refractivity contribution in [2.24, 2.45) is 7.05 Å². The van der Waals surface area contributed by atoms with Gasteiger partial charge in [-0.05, 0) is 23.6 Å². The molecule has 1 aliphatic heterocycles. The quantitative estimate of drug-likeness (QED) is 0.832. The summed E-state index contributed by atoms with van der Waals surface area (Å²) in [7, 11) is 1.63. The van der Waals surface area contributed by atoms with Crippen LogP contribution in [-0.2, 0) is 20.0 Å². The Morgan fingerprint density at radius 1 is 1.28 bits per heavy atom. The lowest BCUT2D eigenvalue weighted by molar-refractivity contribution is 0.0841. The van der Waals surface area contributed by atoms with Gasteiger partial charge in [-0.15, -0.1) is 0 Å². The number of amides is 1. The first-order valence-electron chi connectivity index (χ1n) is 8.45. The zero-order chi connectivity index (χ0) is 17.8. The molecule has 0 saturated heterocycles. The number of aliphatic hydroxyl groups is 1. The van der Waals surface area contributed by atoms with Crippen molar-refractivity contribution in [3.05, 3.63) is 69.6 Å². The van der Waals surface area contributed by atoms with Crippen molar-refractivity contribution in [1.82, 2.24) is 14.8 Å². The van der Waals surface area contributed by atoms with Crippen LogP contribution in [0.3, 0.4) is 0 Å². The molecule has 1 aromatic heterocycles. The van der Waals surface area contributed by atoms with Gasteiger partial charge in [0.05, 0.1) is 6.10 Å². The molecule has 3 rings (SSSR count). The lowest BCUT2D eigenvalue weighted by Gasteiger charge is -2.30. The highest BCUT2D eigenvalue weighted by atomic mass is 16.3. The Hall–Kier alpha value is -2.44. The van der Waals surface area contributed by atoms with E-state index in [4.69, 9.17) is 0 Å². The van der Waals surface area contributed by atoms with Crippen molar-refractivity contribution in [3.63, 3.8) is 0 Å². The van der Waals surface area contributed by atoms with E-state index in [-0.39, 0.29) is 18.0 Å². The molecule has 2 heterocycles. The molecule has 1 atom stereocenters. The summed E-state index contributed by atoms with van der Waals surface area (Å²) in [4.78, 5) is 25.8. The van der Waals surface area contributed by atoms with Crippen LogP contribution in [0, 0.1) is 0 Å². The number of fused-ring (bicyclic) bond motifs is 1. The van der Waals surface area contributed by atoms with Gasteiger partial charge in [-0.2, -0.15) is 0 Å². The highest BCUT2D eigenvalue weighted by Gasteiger charge is 2.19. The largest absolute Gasteiger partial charge is 0.390 e. The number of rotatable bonds is 5. The third-order valence-electron chi connectivity index (χ3n) is 4.54. The van der Waals surface area contributed by atoms with Crippen LogP contribution < -0.4 is 10.9 Å². The molecule has 1 unspecified atom stereocenters. The van der Waals surface area contributed by atoms with E-state index >= 15 is 0 Å². The van der Waals surface area contributed by atoms with Gasteiger partial charge in [0.1, 0.15) is 0 Å². The van der Waals surface area contributed by atoms with E-state index in [2.05, 4.69) is 28.4 Å². The Bertz CT molecular complexity index is 816. The molecule has 2 aromatic rings. The van der Waals surface area contributed by atoms with Gasteiger partial charge in [-0.3, -0.25) is 14.5 Å². The first-order chi connectivity index (χ1) is 12.0. The second kappa shape index (κ2) is 7.63. The van der Waals surface area contributed by atoms with E-state index in [0.717, 1.165) is 19.5 Å². The number of carbonyl (C=O) groups excluding carboxylic acids is 1. The Morgan fingerprint density at radius 2 is 2.04 bits per heavy atom. The van der Waals surface area contributed by atoms with Crippen molar-refractivity contribution in [2.45, 2.75) is 19.1 Å². The molecule has 1 amide bonds. The van der Waals surface area contributed by atoms with Crippen LogP contribution in [0.4, 0.5) is 0 Å². The molecule has 1 aromatic carbocycles. The third kappa shape index (κ3) is 4.35. The third-order valence-corrected chi connectivity index (χ3v) is 4.54. The summed E-state index contributed by atoms with van der Waals surface area (Å²) < 4.78 is 1.40. The summed E-state index contributed by atoms with van der Waals surface area (Å²) in [6, 6.07) is 11.2. The van der Waals surface area contributed by atoms with Crippen LogP contribution >= 0.6 is 0 Å². The zero-order valence-corrected chi connectivity index (χ0v) is 14.3. The van der Waals surface area contributed by atoms with E-state index < -0.39 is 6.10 Å². The number of carbonyl (C=O) groups is 1. The van der Waals surface area contributed by atoms with Crippen molar-refractivity contribution < 1.29 is 9.90 Å². The van der Waals surface area contributed by atoms with Gasteiger partial charge < -0.3 is 15.0 Å². The number of aliphatic hydroxyl groups excluding tert-OH is 1. The monoisotopic (exact) mass is 341 g/mol. The zero-order valence-electron chi connectivity index (χ0n) is 14.3. The average molecular weight is 341 g/mol. The Labute approximate surface area is 146 Å². The lowest BCUT2D eigenvalue weighted by atomic mass is 10.00. The Balaban J connectivity index is 1.50. The van der Waals surface area contributed by atoms with Gasteiger partial charge in [0, 0.05) is 51.1 Å². The van der Waals surface area contributed by atoms with Crippen molar-refractivity contribution in [1.29, 1.82) is 0 Å². The number of benzene rings is 1. The van der Waals surface area contributed by atoms with E-state index in [0.29, 0.717) is 12.1 Å². The fourth-order valence-electron chi connectivity index (χ4n) is 3.07. The number of nitrogens with one attached hydrogen (secondary N) is 1. The molecule has 25 heavy (non-hydrogen) atoms. The Kier molecular flexibility index (Phi) is 5.31. The summed E-state index contributed by atoms with van der Waals surface area (Å²) in [6.07, 6.45) is 1.88. The van der Waals surface area contributed by atoms with E-state index in [9.17, 15) is 14.7 Å². The summed E-state index contributed by atoms with van der Waals surface area (Å²) in [5.41, 5.74) is 2.74. The molecule has 0 saturated carbocycles. The van der Waals surface area contributed by atoms with Crippen LogP contribution in [0.2, 0.25) is 0 Å². The van der Waals surface area contributed by atoms with Gasteiger partial charge >= 0.3 is 0 Å². The minimum Gasteiger partial charge on any atom is -0.390 e. The molecule has 132 valence electrons. The van der Waals surface area contributed by atoms with Crippen molar-refractivity contribution >= 4 is 5.91 Å². The standard InChI is InChI=1S/C19H23N3O3/c1-21-8-6-15(10-18(21)24)19(25)20-11-17(23)13-22-9-7-14-4-2-3-5-16(14)12-22/h2-6,8,10,17,23H,7,9,11-13H2,1H3,(H,20,25). The molecule has 2 N–H and O–H groups in total. The first kappa shape index (κ1) is 17.4. The van der Waals surface area contributed by atoms with E-state index in [1.807, 2.05) is 6.07 Å². The maximum absolute atomic E-state index is 12.1. The van der Waals surface area contributed by atoms with Crippen molar-refractivity contribution in [3.8, 4) is 0 Å². The average Bonchev–Trinajstić information content (AvgIpc) is 2.62. The molecular formula is C19H23N3O3. The maximum Gasteiger partial charge on any atom is 0.251 e. The normalized spacial score (nSPS) is 15.4. The molecule has 0 radical (unpaired) electrons. The lowest BCUT2D eigenvalue weighted by Crippen LogP contribution is -2.42. The van der Waals surface area contributed by atoms with E-state index in [1.54, 1.807) is 19.3 Å². The number of pyridine rings is 1. The van der Waals surface area contributed by atoms with Gasteiger partial charge in [-0.1, -0.05) is 24.3 Å². The molecular weight excluding hydrogens is 318 g/mol. The molecule has 0 bridgehead atoms. The highest BCUT2D eigenvalue weighted by Crippen LogP contribution is 2.18. The SMILES string of the molecule is Cn1ccc(C(=O)NCC(O)CN2CCc3ccccc3C2)cc1=O. The van der Waals surface area contributed by atoms with Gasteiger partial charge in [0.15, 0.2) is 0 Å². The number of β-amino-alcohol motifs (C(OH)–C–C–N with tert-alkyl or cyclic N) is 1. The highest BCUT2D eigenvalue weighted by molar-refractivity contribution is 5.93. The van der Waals surface area contributed by atoms with Crippen molar-refractivity contribution in [2.75, 3.05) is 19.6 Å². The molecule has 1 aliphatic rings. The number of aryl methyl sites for hydroxylation is 1. The summed E-state index contributed by atoms with van der Waals surface area (Å²) in [5.74, 6) is -0.347. The van der Waals surface area contributed by atoms with Crippen LogP contribution in [-0.4, -0.2) is 46.2 Å². The summed E-state index contributed by atoms with van der Waals surface area (Å²) in [5, 5.41) is 12.9. The van der Waals surface area contributed by atoms with Crippen LogP contribution in [0.1, 0.15) is 21.5 Å².